The van der Waals surface area contributed by atoms with Gasteiger partial charge in [0.25, 0.3) is 0 Å². The van der Waals surface area contributed by atoms with Crippen molar-refractivity contribution in [2.24, 2.45) is 0 Å². The molecule has 0 spiro atoms. The smallest absolute Gasteiger partial charge is 0.149 e. The van der Waals surface area contributed by atoms with Gasteiger partial charge < -0.3 is 10.6 Å². The first kappa shape index (κ1) is 8.77. The van der Waals surface area contributed by atoms with Crippen LogP contribution in [0.5, 0.6) is 0 Å². The summed E-state index contributed by atoms with van der Waals surface area (Å²) < 4.78 is 25.7. The highest BCUT2D eigenvalue weighted by atomic mass is 19.1. The van der Waals surface area contributed by atoms with Gasteiger partial charge >= 0.3 is 0 Å². The molecular weight excluding hydrogens is 162 g/mol. The summed E-state index contributed by atoms with van der Waals surface area (Å²) in [6, 6.07) is 2.22. The van der Waals surface area contributed by atoms with E-state index in [0.717, 1.165) is 6.07 Å². The van der Waals surface area contributed by atoms with Gasteiger partial charge in [0, 0.05) is 20.2 Å². The number of halogens is 2. The Labute approximate surface area is 69.6 Å². The largest absolute Gasteiger partial charge is 0.386 e. The Kier molecular flexibility index (Phi) is 2.47. The van der Waals surface area contributed by atoms with Crippen LogP contribution in [0.3, 0.4) is 0 Å². The third kappa shape index (κ3) is 1.47. The molecule has 0 bridgehead atoms. The first-order valence-electron chi connectivity index (χ1n) is 3.53. The number of rotatable bonds is 2. The third-order valence-electron chi connectivity index (χ3n) is 1.60. The van der Waals surface area contributed by atoms with Crippen LogP contribution in [0.2, 0.25) is 0 Å². The van der Waals surface area contributed by atoms with Crippen molar-refractivity contribution in [3.63, 3.8) is 0 Å². The lowest BCUT2D eigenvalue weighted by Crippen LogP contribution is -1.98. The summed E-state index contributed by atoms with van der Waals surface area (Å²) >= 11 is 0. The molecule has 1 aromatic carbocycles. The van der Waals surface area contributed by atoms with Crippen LogP contribution in [-0.2, 0) is 0 Å². The van der Waals surface area contributed by atoms with E-state index in [-0.39, 0.29) is 11.4 Å². The molecule has 0 heterocycles. The van der Waals surface area contributed by atoms with Crippen molar-refractivity contribution in [3.8, 4) is 0 Å². The highest BCUT2D eigenvalue weighted by molar-refractivity contribution is 5.57. The summed E-state index contributed by atoms with van der Waals surface area (Å²) in [7, 11) is 3.16. The Balaban J connectivity index is 3.18. The molecule has 0 saturated heterocycles. The highest BCUT2D eigenvalue weighted by Gasteiger charge is 2.06. The molecule has 2 N–H and O–H groups in total. The van der Waals surface area contributed by atoms with Gasteiger partial charge in [-0.3, -0.25) is 0 Å². The van der Waals surface area contributed by atoms with Crippen LogP contribution < -0.4 is 10.6 Å². The van der Waals surface area contributed by atoms with Gasteiger partial charge in [0.2, 0.25) is 0 Å². The summed E-state index contributed by atoms with van der Waals surface area (Å²) in [5.74, 6) is -1.18. The molecule has 1 rings (SSSR count). The van der Waals surface area contributed by atoms with E-state index in [1.54, 1.807) is 14.1 Å². The summed E-state index contributed by atoms with van der Waals surface area (Å²) in [6.45, 7) is 0. The minimum absolute atomic E-state index is 0.278. The zero-order valence-corrected chi connectivity index (χ0v) is 6.91. The minimum atomic E-state index is -0.589. The second-order valence-corrected chi connectivity index (χ2v) is 2.31. The molecule has 0 unspecified atom stereocenters. The zero-order chi connectivity index (χ0) is 9.14. The van der Waals surface area contributed by atoms with E-state index in [1.165, 1.54) is 6.07 Å². The Bertz CT molecular complexity index is 261. The Morgan fingerprint density at radius 3 is 1.67 bits per heavy atom. The van der Waals surface area contributed by atoms with Gasteiger partial charge in [-0.2, -0.15) is 0 Å². The molecule has 1 aromatic rings. The summed E-state index contributed by atoms with van der Waals surface area (Å²) in [5.41, 5.74) is 0.557. The SMILES string of the molecule is CNc1cc(NC)c(F)cc1F. The molecule has 0 aromatic heterocycles. The lowest BCUT2D eigenvalue weighted by molar-refractivity contribution is 0.588. The van der Waals surface area contributed by atoms with Crippen molar-refractivity contribution in [2.75, 3.05) is 24.7 Å². The molecule has 0 fully saturated rings. The van der Waals surface area contributed by atoms with Crippen molar-refractivity contribution >= 4 is 11.4 Å². The van der Waals surface area contributed by atoms with Gasteiger partial charge in [-0.15, -0.1) is 0 Å². The standard InChI is InChI=1S/C8H10F2N2/c1-11-7-4-8(12-2)6(10)3-5(7)9/h3-4,11-12H,1-2H3. The topological polar surface area (TPSA) is 24.1 Å². The fraction of sp³-hybridized carbons (Fsp3) is 0.250. The second-order valence-electron chi connectivity index (χ2n) is 2.31. The fourth-order valence-electron chi connectivity index (χ4n) is 0.932. The zero-order valence-electron chi connectivity index (χ0n) is 6.91. The van der Waals surface area contributed by atoms with Gasteiger partial charge in [-0.05, 0) is 6.07 Å². The molecule has 2 nitrogen and oxygen atoms in total. The van der Waals surface area contributed by atoms with Gasteiger partial charge in [0.15, 0.2) is 0 Å². The first-order valence-corrected chi connectivity index (χ1v) is 3.53. The second kappa shape index (κ2) is 3.38. The molecular formula is C8H10F2N2. The van der Waals surface area contributed by atoms with Crippen LogP contribution in [0.25, 0.3) is 0 Å². The fourth-order valence-corrected chi connectivity index (χ4v) is 0.932. The van der Waals surface area contributed by atoms with Crippen LogP contribution in [0.4, 0.5) is 20.2 Å². The number of anilines is 2. The third-order valence-corrected chi connectivity index (χ3v) is 1.60. The highest BCUT2D eigenvalue weighted by Crippen LogP contribution is 2.22. The Morgan fingerprint density at radius 1 is 0.917 bits per heavy atom. The monoisotopic (exact) mass is 172 g/mol. The van der Waals surface area contributed by atoms with E-state index in [2.05, 4.69) is 10.6 Å². The van der Waals surface area contributed by atoms with Crippen LogP contribution in [-0.4, -0.2) is 14.1 Å². The number of hydrogen-bond acceptors (Lipinski definition) is 2. The lowest BCUT2D eigenvalue weighted by atomic mass is 10.2. The van der Waals surface area contributed by atoms with Crippen LogP contribution >= 0.6 is 0 Å². The van der Waals surface area contributed by atoms with Gasteiger partial charge in [0.05, 0.1) is 11.4 Å². The first-order chi connectivity index (χ1) is 5.69. The van der Waals surface area contributed by atoms with Crippen LogP contribution in [0.15, 0.2) is 12.1 Å². The molecule has 12 heavy (non-hydrogen) atoms. The van der Waals surface area contributed by atoms with Crippen molar-refractivity contribution in [1.29, 1.82) is 0 Å². The Hall–Kier alpha value is -1.32. The number of hydrogen-bond donors (Lipinski definition) is 2. The van der Waals surface area contributed by atoms with Crippen LogP contribution in [0, 0.1) is 11.6 Å². The predicted molar refractivity (Wildman–Crippen MR) is 45.5 cm³/mol. The van der Waals surface area contributed by atoms with Gasteiger partial charge in [-0.1, -0.05) is 0 Å². The maximum atomic E-state index is 12.8. The van der Waals surface area contributed by atoms with E-state index in [4.69, 9.17) is 0 Å². The van der Waals surface area contributed by atoms with Crippen molar-refractivity contribution in [2.45, 2.75) is 0 Å². The molecule has 66 valence electrons. The molecule has 4 heteroatoms. The van der Waals surface area contributed by atoms with E-state index in [1.807, 2.05) is 0 Å². The van der Waals surface area contributed by atoms with E-state index < -0.39 is 11.6 Å². The quantitative estimate of drug-likeness (QED) is 0.713. The van der Waals surface area contributed by atoms with Crippen molar-refractivity contribution in [3.05, 3.63) is 23.8 Å². The molecule has 0 aliphatic heterocycles. The van der Waals surface area contributed by atoms with E-state index >= 15 is 0 Å². The maximum absolute atomic E-state index is 12.8. The summed E-state index contributed by atoms with van der Waals surface area (Å²) in [6.07, 6.45) is 0. The summed E-state index contributed by atoms with van der Waals surface area (Å²) in [5, 5.41) is 5.23. The van der Waals surface area contributed by atoms with Crippen LogP contribution in [0.1, 0.15) is 0 Å². The minimum Gasteiger partial charge on any atom is -0.386 e. The average Bonchev–Trinajstić information content (AvgIpc) is 2.05. The lowest BCUT2D eigenvalue weighted by Gasteiger charge is -2.06. The molecule has 0 aliphatic carbocycles. The molecule has 0 saturated carbocycles. The number of nitrogens with one attached hydrogen (secondary N) is 2. The molecule has 0 radical (unpaired) electrons. The van der Waals surface area contributed by atoms with Crippen molar-refractivity contribution in [1.82, 2.24) is 0 Å². The molecule has 0 aliphatic rings. The normalized spacial score (nSPS) is 9.67. The average molecular weight is 172 g/mol. The van der Waals surface area contributed by atoms with E-state index in [0.29, 0.717) is 0 Å². The van der Waals surface area contributed by atoms with Crippen molar-refractivity contribution < 1.29 is 8.78 Å². The predicted octanol–water partition coefficient (Wildman–Crippen LogP) is 2.05. The summed E-state index contributed by atoms with van der Waals surface area (Å²) in [4.78, 5) is 0. The molecule has 0 amide bonds. The molecule has 0 atom stereocenters. The Morgan fingerprint density at radius 2 is 1.33 bits per heavy atom. The maximum Gasteiger partial charge on any atom is 0.149 e. The van der Waals surface area contributed by atoms with E-state index in [9.17, 15) is 8.78 Å². The van der Waals surface area contributed by atoms with Gasteiger partial charge in [-0.25, -0.2) is 8.78 Å². The number of benzene rings is 1. The van der Waals surface area contributed by atoms with Gasteiger partial charge in [0.1, 0.15) is 11.6 Å².